The lowest BCUT2D eigenvalue weighted by molar-refractivity contribution is -0.123. The molecule has 3 rings (SSSR count). The van der Waals surface area contributed by atoms with E-state index in [0.717, 1.165) is 5.52 Å². The number of carbonyl (C=O) groups is 2. The summed E-state index contributed by atoms with van der Waals surface area (Å²) >= 11 is 0. The van der Waals surface area contributed by atoms with Crippen molar-refractivity contribution in [2.75, 3.05) is 7.11 Å². The van der Waals surface area contributed by atoms with Crippen molar-refractivity contribution in [2.45, 2.75) is 0 Å². The number of nitrogens with one attached hydrogen (secondary N) is 2. The van der Waals surface area contributed by atoms with Crippen LogP contribution in [-0.4, -0.2) is 23.9 Å². The van der Waals surface area contributed by atoms with Gasteiger partial charge in [-0.1, -0.05) is 5.11 Å². The lowest BCUT2D eigenvalue weighted by Crippen LogP contribution is -2.22. The van der Waals surface area contributed by atoms with Crippen molar-refractivity contribution < 1.29 is 14.3 Å². The molecule has 2 amide bonds. The highest BCUT2D eigenvalue weighted by Crippen LogP contribution is 2.32. The third-order valence-electron chi connectivity index (χ3n) is 3.21. The number of ether oxygens (including phenoxy) is 1. The van der Waals surface area contributed by atoms with Gasteiger partial charge in [-0.2, -0.15) is 0 Å². The van der Waals surface area contributed by atoms with E-state index in [1.807, 2.05) is 0 Å². The molecule has 1 aromatic carbocycles. The molecule has 0 atom stereocenters. The summed E-state index contributed by atoms with van der Waals surface area (Å²) in [6, 6.07) is 5.29. The summed E-state index contributed by atoms with van der Waals surface area (Å²) in [4.78, 5) is 29.2. The van der Waals surface area contributed by atoms with Crippen LogP contribution in [0.1, 0.15) is 5.56 Å². The first kappa shape index (κ1) is 12.8. The molecule has 2 N–H and O–H groups in total. The van der Waals surface area contributed by atoms with Gasteiger partial charge < -0.3 is 9.72 Å². The highest BCUT2D eigenvalue weighted by atomic mass is 16.5. The molecule has 0 unspecified atom stereocenters. The zero-order valence-electron chi connectivity index (χ0n) is 10.9. The van der Waals surface area contributed by atoms with Crippen molar-refractivity contribution in [3.8, 4) is 5.75 Å². The number of methoxy groups -OCH3 is 1. The molecule has 0 spiro atoms. The standard InChI is InChI=1S/C13H9N5O3/c1-21-6-2-3-9-7(4-6)8(5-15-9)10-11(17-18-14)13(20)16-12(10)19/h2-5,15H,1H3,(H,16,19,20). The second-order valence-electron chi connectivity index (χ2n) is 4.31. The highest BCUT2D eigenvalue weighted by molar-refractivity contribution is 6.37. The number of benzene rings is 1. The summed E-state index contributed by atoms with van der Waals surface area (Å²) in [5.74, 6) is -0.685. The first-order valence-electron chi connectivity index (χ1n) is 5.96. The molecule has 8 nitrogen and oxygen atoms in total. The summed E-state index contributed by atoms with van der Waals surface area (Å²) in [6.07, 6.45) is 1.59. The predicted molar refractivity (Wildman–Crippen MR) is 74.1 cm³/mol. The van der Waals surface area contributed by atoms with Crippen LogP contribution in [0.2, 0.25) is 0 Å². The van der Waals surface area contributed by atoms with Crippen molar-refractivity contribution in [1.82, 2.24) is 10.3 Å². The zero-order valence-corrected chi connectivity index (χ0v) is 10.9. The predicted octanol–water partition coefficient (Wildman–Crippen LogP) is 1.85. The summed E-state index contributed by atoms with van der Waals surface area (Å²) in [5, 5.41) is 6.14. The lowest BCUT2D eigenvalue weighted by atomic mass is 10.0. The van der Waals surface area contributed by atoms with Gasteiger partial charge in [0.2, 0.25) is 0 Å². The average Bonchev–Trinajstić information content (AvgIpc) is 3.00. The van der Waals surface area contributed by atoms with Crippen molar-refractivity contribution in [3.63, 3.8) is 0 Å². The number of fused-ring (bicyclic) bond motifs is 1. The number of amides is 2. The third-order valence-corrected chi connectivity index (χ3v) is 3.21. The molecule has 0 aliphatic carbocycles. The van der Waals surface area contributed by atoms with E-state index in [1.54, 1.807) is 24.4 Å². The topological polar surface area (TPSA) is 120 Å². The van der Waals surface area contributed by atoms with Gasteiger partial charge in [0.1, 0.15) is 11.4 Å². The Balaban J connectivity index is 2.30. The van der Waals surface area contributed by atoms with Gasteiger partial charge in [0.25, 0.3) is 11.8 Å². The Bertz CT molecular complexity index is 858. The van der Waals surface area contributed by atoms with E-state index >= 15 is 0 Å². The van der Waals surface area contributed by atoms with Crippen LogP contribution in [0.25, 0.3) is 26.9 Å². The molecule has 8 heteroatoms. The average molecular weight is 283 g/mol. The van der Waals surface area contributed by atoms with Crippen molar-refractivity contribution in [2.24, 2.45) is 5.11 Å². The minimum absolute atomic E-state index is 0.0531. The maximum absolute atomic E-state index is 11.9. The van der Waals surface area contributed by atoms with Crippen LogP contribution in [0.4, 0.5) is 0 Å². The Morgan fingerprint density at radius 3 is 2.81 bits per heavy atom. The zero-order chi connectivity index (χ0) is 15.0. The number of rotatable bonds is 3. The minimum atomic E-state index is -0.704. The molecule has 1 aromatic heterocycles. The van der Waals surface area contributed by atoms with Crippen molar-refractivity contribution in [1.29, 1.82) is 0 Å². The van der Waals surface area contributed by atoms with Crippen LogP contribution in [-0.2, 0) is 9.59 Å². The monoisotopic (exact) mass is 283 g/mol. The Hall–Kier alpha value is -3.25. The Labute approximate surface area is 118 Å². The smallest absolute Gasteiger partial charge is 0.261 e. The molecule has 0 saturated heterocycles. The number of carbonyl (C=O) groups excluding carboxylic acids is 2. The van der Waals surface area contributed by atoms with Crippen molar-refractivity contribution in [3.05, 3.63) is 46.1 Å². The maximum atomic E-state index is 11.9. The Morgan fingerprint density at radius 1 is 1.29 bits per heavy atom. The SMILES string of the molecule is COc1ccc2[nH]cc(C3=C(N=[N+]=[N-])C(=O)NC3=O)c2c1. The second kappa shape index (κ2) is 4.69. The van der Waals surface area contributed by atoms with Gasteiger partial charge >= 0.3 is 0 Å². The number of H-pyrrole nitrogens is 1. The largest absolute Gasteiger partial charge is 0.497 e. The van der Waals surface area contributed by atoms with E-state index in [-0.39, 0.29) is 11.3 Å². The summed E-state index contributed by atoms with van der Waals surface area (Å²) < 4.78 is 5.15. The molecular formula is C13H9N5O3. The normalized spacial score (nSPS) is 14.3. The van der Waals surface area contributed by atoms with E-state index in [9.17, 15) is 9.59 Å². The quantitative estimate of drug-likeness (QED) is 0.387. The molecule has 0 fully saturated rings. The van der Waals surface area contributed by atoms with Gasteiger partial charge in [-0.15, -0.1) is 0 Å². The number of hydrogen-bond donors (Lipinski definition) is 2. The van der Waals surface area contributed by atoms with Gasteiger partial charge in [0, 0.05) is 27.6 Å². The third kappa shape index (κ3) is 1.90. The summed E-state index contributed by atoms with van der Waals surface area (Å²) in [7, 11) is 1.53. The van der Waals surface area contributed by atoms with Crippen LogP contribution >= 0.6 is 0 Å². The maximum Gasteiger partial charge on any atom is 0.261 e. The summed E-state index contributed by atoms with van der Waals surface area (Å²) in [5.41, 5.74) is 9.62. The fraction of sp³-hybridized carbons (Fsp3) is 0.0769. The minimum Gasteiger partial charge on any atom is -0.497 e. The first-order chi connectivity index (χ1) is 10.2. The number of aromatic amines is 1. The molecular weight excluding hydrogens is 274 g/mol. The molecule has 2 heterocycles. The van der Waals surface area contributed by atoms with Gasteiger partial charge in [0.05, 0.1) is 12.7 Å². The van der Waals surface area contributed by atoms with Gasteiger partial charge in [-0.25, -0.2) is 0 Å². The number of azide groups is 1. The van der Waals surface area contributed by atoms with E-state index in [4.69, 9.17) is 10.3 Å². The summed E-state index contributed by atoms with van der Waals surface area (Å²) in [6.45, 7) is 0. The molecule has 0 saturated carbocycles. The lowest BCUT2D eigenvalue weighted by Gasteiger charge is -2.02. The molecule has 21 heavy (non-hydrogen) atoms. The Morgan fingerprint density at radius 2 is 2.10 bits per heavy atom. The fourth-order valence-corrected chi connectivity index (χ4v) is 2.27. The molecule has 104 valence electrons. The van der Waals surface area contributed by atoms with Crippen LogP contribution in [0, 0.1) is 0 Å². The molecule has 0 radical (unpaired) electrons. The van der Waals surface area contributed by atoms with Gasteiger partial charge in [-0.05, 0) is 23.7 Å². The van der Waals surface area contributed by atoms with Gasteiger partial charge in [0.15, 0.2) is 0 Å². The second-order valence-corrected chi connectivity index (χ2v) is 4.31. The van der Waals surface area contributed by atoms with Crippen molar-refractivity contribution >= 4 is 28.3 Å². The first-order valence-corrected chi connectivity index (χ1v) is 5.96. The van der Waals surface area contributed by atoms with Crippen LogP contribution < -0.4 is 10.1 Å². The van der Waals surface area contributed by atoms with Gasteiger partial charge in [-0.3, -0.25) is 14.9 Å². The van der Waals surface area contributed by atoms with E-state index < -0.39 is 11.8 Å². The number of hydrogen-bond acceptors (Lipinski definition) is 4. The molecule has 2 aromatic rings. The van der Waals surface area contributed by atoms with Crippen LogP contribution in [0.5, 0.6) is 5.75 Å². The molecule has 0 bridgehead atoms. The highest BCUT2D eigenvalue weighted by Gasteiger charge is 2.31. The fourth-order valence-electron chi connectivity index (χ4n) is 2.27. The van der Waals surface area contributed by atoms with E-state index in [2.05, 4.69) is 20.3 Å². The van der Waals surface area contributed by atoms with Crippen LogP contribution in [0.15, 0.2) is 35.2 Å². The van der Waals surface area contributed by atoms with E-state index in [1.165, 1.54) is 7.11 Å². The van der Waals surface area contributed by atoms with E-state index in [0.29, 0.717) is 16.7 Å². The number of nitrogens with zero attached hydrogens (tertiary/aromatic N) is 3. The number of imide groups is 1. The Kier molecular flexibility index (Phi) is 2.85. The molecule has 1 aliphatic heterocycles. The van der Waals surface area contributed by atoms with Crippen LogP contribution in [0.3, 0.4) is 0 Å². The molecule has 1 aliphatic rings. The number of aromatic nitrogens is 1.